The van der Waals surface area contributed by atoms with Crippen LogP contribution in [0, 0.1) is 11.7 Å². The molecule has 3 rings (SSSR count). The van der Waals surface area contributed by atoms with Crippen LogP contribution < -0.4 is 5.73 Å². The first kappa shape index (κ1) is 16.6. The molecule has 1 saturated heterocycles. The number of amides is 1. The first-order chi connectivity index (χ1) is 11.5. The van der Waals surface area contributed by atoms with E-state index in [9.17, 15) is 9.18 Å². The lowest BCUT2D eigenvalue weighted by atomic mass is 10.0. The van der Waals surface area contributed by atoms with Gasteiger partial charge in [-0.05, 0) is 49.1 Å². The zero-order valence-corrected chi connectivity index (χ0v) is 14.1. The van der Waals surface area contributed by atoms with E-state index in [-0.39, 0.29) is 17.6 Å². The number of nitrogens with zero attached hydrogens (tertiary/aromatic N) is 3. The van der Waals surface area contributed by atoms with Gasteiger partial charge in [0.1, 0.15) is 5.82 Å². The van der Waals surface area contributed by atoms with Gasteiger partial charge >= 0.3 is 0 Å². The SMILES string of the molecule is CC(C)c1c(C(=O)N2CCC(CN)C2)cnn1-c1ccc(F)cc1. The Hall–Kier alpha value is -2.21. The van der Waals surface area contributed by atoms with E-state index >= 15 is 0 Å². The predicted octanol–water partition coefficient (Wildman–Crippen LogP) is 2.56. The van der Waals surface area contributed by atoms with Crippen molar-refractivity contribution in [3.8, 4) is 5.69 Å². The minimum atomic E-state index is -0.293. The molecule has 0 bridgehead atoms. The molecule has 1 aliphatic heterocycles. The second-order valence-corrected chi connectivity index (χ2v) is 6.63. The minimum Gasteiger partial charge on any atom is -0.338 e. The van der Waals surface area contributed by atoms with Crippen LogP contribution in [-0.4, -0.2) is 40.2 Å². The molecular weight excluding hydrogens is 307 g/mol. The molecule has 6 heteroatoms. The fraction of sp³-hybridized carbons (Fsp3) is 0.444. The van der Waals surface area contributed by atoms with E-state index < -0.39 is 0 Å². The average molecular weight is 330 g/mol. The Morgan fingerprint density at radius 3 is 2.67 bits per heavy atom. The van der Waals surface area contributed by atoms with Crippen molar-refractivity contribution in [2.75, 3.05) is 19.6 Å². The highest BCUT2D eigenvalue weighted by Crippen LogP contribution is 2.26. The van der Waals surface area contributed by atoms with Crippen LogP contribution in [0.1, 0.15) is 42.2 Å². The summed E-state index contributed by atoms with van der Waals surface area (Å²) in [6, 6.07) is 6.13. The zero-order valence-electron chi connectivity index (χ0n) is 14.1. The summed E-state index contributed by atoms with van der Waals surface area (Å²) in [6.07, 6.45) is 2.57. The van der Waals surface area contributed by atoms with Crippen molar-refractivity contribution in [1.82, 2.24) is 14.7 Å². The molecule has 5 nitrogen and oxygen atoms in total. The van der Waals surface area contributed by atoms with E-state index in [1.807, 2.05) is 18.7 Å². The maximum Gasteiger partial charge on any atom is 0.257 e. The molecule has 128 valence electrons. The maximum absolute atomic E-state index is 13.2. The van der Waals surface area contributed by atoms with Crippen molar-refractivity contribution in [1.29, 1.82) is 0 Å². The summed E-state index contributed by atoms with van der Waals surface area (Å²) >= 11 is 0. The molecule has 1 fully saturated rings. The van der Waals surface area contributed by atoms with Gasteiger partial charge in [-0.3, -0.25) is 4.79 Å². The number of hydrogen-bond donors (Lipinski definition) is 1. The Morgan fingerprint density at radius 2 is 2.08 bits per heavy atom. The number of aromatic nitrogens is 2. The van der Waals surface area contributed by atoms with Gasteiger partial charge in [0.25, 0.3) is 5.91 Å². The van der Waals surface area contributed by atoms with Crippen molar-refractivity contribution >= 4 is 5.91 Å². The molecule has 1 atom stereocenters. The highest BCUT2D eigenvalue weighted by Gasteiger charge is 2.29. The number of rotatable bonds is 4. The lowest BCUT2D eigenvalue weighted by Crippen LogP contribution is -2.30. The molecule has 0 saturated carbocycles. The number of carbonyl (C=O) groups is 1. The van der Waals surface area contributed by atoms with Gasteiger partial charge in [0.05, 0.1) is 23.1 Å². The number of likely N-dealkylation sites (tertiary alicyclic amines) is 1. The topological polar surface area (TPSA) is 64.2 Å². The molecule has 0 spiro atoms. The van der Waals surface area contributed by atoms with Crippen LogP contribution in [-0.2, 0) is 0 Å². The van der Waals surface area contributed by atoms with Gasteiger partial charge in [0, 0.05) is 13.1 Å². The number of halogens is 1. The van der Waals surface area contributed by atoms with E-state index in [2.05, 4.69) is 5.10 Å². The number of benzene rings is 1. The number of hydrogen-bond acceptors (Lipinski definition) is 3. The monoisotopic (exact) mass is 330 g/mol. The Kier molecular flexibility index (Phi) is 4.66. The van der Waals surface area contributed by atoms with Crippen molar-refractivity contribution in [3.05, 3.63) is 47.5 Å². The van der Waals surface area contributed by atoms with E-state index in [0.717, 1.165) is 24.3 Å². The van der Waals surface area contributed by atoms with Gasteiger partial charge in [-0.25, -0.2) is 9.07 Å². The molecule has 1 amide bonds. The third-order valence-electron chi connectivity index (χ3n) is 4.56. The summed E-state index contributed by atoms with van der Waals surface area (Å²) in [5.74, 6) is 0.203. The third-order valence-corrected chi connectivity index (χ3v) is 4.56. The van der Waals surface area contributed by atoms with Crippen molar-refractivity contribution in [2.24, 2.45) is 11.7 Å². The fourth-order valence-electron chi connectivity index (χ4n) is 3.25. The maximum atomic E-state index is 13.2. The van der Waals surface area contributed by atoms with Crippen LogP contribution in [0.3, 0.4) is 0 Å². The smallest absolute Gasteiger partial charge is 0.257 e. The second-order valence-electron chi connectivity index (χ2n) is 6.63. The van der Waals surface area contributed by atoms with Gasteiger partial charge in [0.2, 0.25) is 0 Å². The molecule has 2 aromatic rings. The Labute approximate surface area is 141 Å². The molecule has 1 aliphatic rings. The lowest BCUT2D eigenvalue weighted by molar-refractivity contribution is 0.0786. The molecule has 2 N–H and O–H groups in total. The summed E-state index contributed by atoms with van der Waals surface area (Å²) in [6.45, 7) is 6.10. The van der Waals surface area contributed by atoms with Gasteiger partial charge in [0.15, 0.2) is 0 Å². The van der Waals surface area contributed by atoms with E-state index in [1.165, 1.54) is 12.1 Å². The van der Waals surface area contributed by atoms with Crippen LogP contribution >= 0.6 is 0 Å². The molecule has 1 aromatic heterocycles. The summed E-state index contributed by atoms with van der Waals surface area (Å²) in [4.78, 5) is 14.8. The second kappa shape index (κ2) is 6.73. The van der Waals surface area contributed by atoms with Gasteiger partial charge < -0.3 is 10.6 Å². The summed E-state index contributed by atoms with van der Waals surface area (Å²) in [5.41, 5.74) is 7.94. The Bertz CT molecular complexity index is 723. The first-order valence-electron chi connectivity index (χ1n) is 8.34. The van der Waals surface area contributed by atoms with Gasteiger partial charge in [-0.1, -0.05) is 13.8 Å². The Balaban J connectivity index is 1.94. The van der Waals surface area contributed by atoms with Crippen molar-refractivity contribution < 1.29 is 9.18 Å². The average Bonchev–Trinajstić information content (AvgIpc) is 3.22. The highest BCUT2D eigenvalue weighted by molar-refractivity contribution is 5.95. The molecular formula is C18H23FN4O. The van der Waals surface area contributed by atoms with E-state index in [4.69, 9.17) is 5.73 Å². The molecule has 0 aliphatic carbocycles. The molecule has 1 aromatic carbocycles. The molecule has 24 heavy (non-hydrogen) atoms. The molecule has 1 unspecified atom stereocenters. The lowest BCUT2D eigenvalue weighted by Gasteiger charge is -2.18. The standard InChI is InChI=1S/C18H23FN4O/c1-12(2)17-16(18(24)22-8-7-13(9-20)11-22)10-21-23(17)15-5-3-14(19)4-6-15/h3-6,10,12-13H,7-9,11,20H2,1-2H3. The van der Waals surface area contributed by atoms with Crippen LogP contribution in [0.5, 0.6) is 0 Å². The first-order valence-corrected chi connectivity index (χ1v) is 8.34. The van der Waals surface area contributed by atoms with Gasteiger partial charge in [-0.15, -0.1) is 0 Å². The number of nitrogens with two attached hydrogens (primary N) is 1. The normalized spacial score (nSPS) is 17.7. The summed E-state index contributed by atoms with van der Waals surface area (Å²) < 4.78 is 14.9. The quantitative estimate of drug-likeness (QED) is 0.937. The van der Waals surface area contributed by atoms with Crippen LogP contribution in [0.4, 0.5) is 4.39 Å². The largest absolute Gasteiger partial charge is 0.338 e. The van der Waals surface area contributed by atoms with Crippen LogP contribution in [0.15, 0.2) is 30.5 Å². The molecule has 0 radical (unpaired) electrons. The fourth-order valence-corrected chi connectivity index (χ4v) is 3.25. The van der Waals surface area contributed by atoms with Crippen molar-refractivity contribution in [2.45, 2.75) is 26.2 Å². The van der Waals surface area contributed by atoms with Gasteiger partial charge in [-0.2, -0.15) is 5.10 Å². The molecule has 2 heterocycles. The summed E-state index contributed by atoms with van der Waals surface area (Å²) in [7, 11) is 0. The highest BCUT2D eigenvalue weighted by atomic mass is 19.1. The summed E-state index contributed by atoms with van der Waals surface area (Å²) in [5, 5.41) is 4.39. The van der Waals surface area contributed by atoms with E-state index in [0.29, 0.717) is 24.6 Å². The Morgan fingerprint density at radius 1 is 1.38 bits per heavy atom. The number of carbonyl (C=O) groups excluding carboxylic acids is 1. The third kappa shape index (κ3) is 3.06. The minimum absolute atomic E-state index is 0.00279. The van der Waals surface area contributed by atoms with Crippen LogP contribution in [0.25, 0.3) is 5.69 Å². The van der Waals surface area contributed by atoms with E-state index in [1.54, 1.807) is 23.0 Å². The van der Waals surface area contributed by atoms with Crippen molar-refractivity contribution in [3.63, 3.8) is 0 Å². The predicted molar refractivity (Wildman–Crippen MR) is 90.7 cm³/mol. The zero-order chi connectivity index (χ0) is 17.3. The van der Waals surface area contributed by atoms with Crippen LogP contribution in [0.2, 0.25) is 0 Å².